The van der Waals surface area contributed by atoms with Crippen LogP contribution >= 0.6 is 0 Å². The fourth-order valence-corrected chi connectivity index (χ4v) is 7.68. The fourth-order valence-electron chi connectivity index (χ4n) is 7.68. The predicted octanol–water partition coefficient (Wildman–Crippen LogP) is 20.2. The highest BCUT2D eigenvalue weighted by molar-refractivity contribution is 5.71. The van der Waals surface area contributed by atoms with Crippen LogP contribution in [0.4, 0.5) is 0 Å². The molecule has 0 unspecified atom stereocenters. The average molecular weight is 1010 g/mol. The molecule has 0 aromatic rings. The maximum absolute atomic E-state index is 12.9. The molecular weight excluding hydrogens is 901 g/mol. The lowest BCUT2D eigenvalue weighted by Crippen LogP contribution is -2.30. The smallest absolute Gasteiger partial charge is 0.306 e. The first-order chi connectivity index (χ1) is 36.0. The van der Waals surface area contributed by atoms with Crippen molar-refractivity contribution in [1.29, 1.82) is 0 Å². The molecule has 0 aliphatic heterocycles. The zero-order valence-electron chi connectivity index (χ0n) is 47.1. The van der Waals surface area contributed by atoms with E-state index in [1.165, 1.54) is 103 Å². The molecule has 412 valence electrons. The summed E-state index contributed by atoms with van der Waals surface area (Å²) >= 11 is 0. The molecule has 0 heterocycles. The van der Waals surface area contributed by atoms with Crippen LogP contribution in [0.25, 0.3) is 0 Å². The van der Waals surface area contributed by atoms with Crippen molar-refractivity contribution in [2.75, 3.05) is 13.2 Å². The molecule has 6 nitrogen and oxygen atoms in total. The summed E-state index contributed by atoms with van der Waals surface area (Å²) in [7, 11) is 0. The van der Waals surface area contributed by atoms with Gasteiger partial charge in [0.2, 0.25) is 0 Å². The Bertz CT molecular complexity index is 1580. The van der Waals surface area contributed by atoms with Gasteiger partial charge in [-0.05, 0) is 128 Å². The second kappa shape index (κ2) is 60.1. The van der Waals surface area contributed by atoms with Crippen LogP contribution in [-0.4, -0.2) is 37.2 Å². The molecule has 0 N–H and O–H groups in total. The lowest BCUT2D eigenvalue weighted by Gasteiger charge is -2.18. The van der Waals surface area contributed by atoms with Crippen molar-refractivity contribution in [3.8, 4) is 0 Å². The Labute approximate surface area is 449 Å². The van der Waals surface area contributed by atoms with Crippen molar-refractivity contribution in [1.82, 2.24) is 0 Å². The van der Waals surface area contributed by atoms with E-state index >= 15 is 0 Å². The summed E-state index contributed by atoms with van der Waals surface area (Å²) < 4.78 is 16.8. The second-order valence-corrected chi connectivity index (χ2v) is 19.2. The third-order valence-corrected chi connectivity index (χ3v) is 12.1. The van der Waals surface area contributed by atoms with E-state index in [1.807, 2.05) is 12.2 Å². The van der Waals surface area contributed by atoms with Gasteiger partial charge in [0.1, 0.15) is 13.2 Å². The highest BCUT2D eigenvalue weighted by Gasteiger charge is 2.19. The summed E-state index contributed by atoms with van der Waals surface area (Å²) in [5.41, 5.74) is 0. The van der Waals surface area contributed by atoms with Crippen molar-refractivity contribution < 1.29 is 28.6 Å². The van der Waals surface area contributed by atoms with Crippen molar-refractivity contribution >= 4 is 17.9 Å². The van der Waals surface area contributed by atoms with Gasteiger partial charge in [0.15, 0.2) is 6.10 Å². The fraction of sp³-hybridized carbons (Fsp3) is 0.627. The molecule has 0 aromatic heterocycles. The topological polar surface area (TPSA) is 78.9 Å². The minimum absolute atomic E-state index is 0.121. The van der Waals surface area contributed by atoms with Gasteiger partial charge in [-0.25, -0.2) is 0 Å². The summed E-state index contributed by atoms with van der Waals surface area (Å²) in [6.07, 6.45) is 84.5. The molecule has 0 radical (unpaired) electrons. The SMILES string of the molecule is CC/C=C/C/C=C/C/C=C/C/C=C/C/C=C/C/C=C/CCC(=O)OC[C@@H](COC(=O)CCCCCCCCC/C=C/CCCCCCCC)OC(=O)CCCCC/C=C/C/C=C/C/C=C/C/C=C/CCCCC. The van der Waals surface area contributed by atoms with Crippen LogP contribution in [-0.2, 0) is 28.6 Å². The average Bonchev–Trinajstić information content (AvgIpc) is 3.39. The molecule has 0 fully saturated rings. The Morgan fingerprint density at radius 2 is 0.562 bits per heavy atom. The van der Waals surface area contributed by atoms with Crippen molar-refractivity contribution in [3.63, 3.8) is 0 Å². The highest BCUT2D eigenvalue weighted by atomic mass is 16.6. The Morgan fingerprint density at radius 3 is 0.973 bits per heavy atom. The molecule has 0 aromatic carbocycles. The first kappa shape index (κ1) is 68.6. The zero-order valence-corrected chi connectivity index (χ0v) is 47.1. The minimum Gasteiger partial charge on any atom is -0.462 e. The van der Waals surface area contributed by atoms with Gasteiger partial charge in [0, 0.05) is 19.3 Å². The number of carbonyl (C=O) groups excluding carboxylic acids is 3. The summed E-state index contributed by atoms with van der Waals surface area (Å²) in [6, 6.07) is 0. The van der Waals surface area contributed by atoms with Crippen molar-refractivity contribution in [2.24, 2.45) is 0 Å². The van der Waals surface area contributed by atoms with Gasteiger partial charge in [-0.3, -0.25) is 14.4 Å². The molecule has 73 heavy (non-hydrogen) atoms. The molecule has 0 saturated heterocycles. The summed E-state index contributed by atoms with van der Waals surface area (Å²) in [5, 5.41) is 0. The molecule has 0 bridgehead atoms. The lowest BCUT2D eigenvalue weighted by molar-refractivity contribution is -0.166. The van der Waals surface area contributed by atoms with Crippen molar-refractivity contribution in [3.05, 3.63) is 134 Å². The Hall–Kier alpha value is -4.45. The van der Waals surface area contributed by atoms with Crippen LogP contribution in [0.3, 0.4) is 0 Å². The summed E-state index contributed by atoms with van der Waals surface area (Å²) in [6.45, 7) is 6.40. The summed E-state index contributed by atoms with van der Waals surface area (Å²) in [5.74, 6) is -1.05. The number of rotatable bonds is 52. The number of ether oxygens (including phenoxy) is 3. The largest absolute Gasteiger partial charge is 0.462 e. The Balaban J connectivity index is 4.59. The maximum atomic E-state index is 12.9. The predicted molar refractivity (Wildman–Crippen MR) is 316 cm³/mol. The number of hydrogen-bond acceptors (Lipinski definition) is 6. The van der Waals surface area contributed by atoms with Gasteiger partial charge < -0.3 is 14.2 Å². The number of allylic oxidation sites excluding steroid dienone is 22. The van der Waals surface area contributed by atoms with Gasteiger partial charge in [-0.15, -0.1) is 0 Å². The normalized spacial score (nSPS) is 13.1. The van der Waals surface area contributed by atoms with Gasteiger partial charge in [-0.2, -0.15) is 0 Å². The number of hydrogen-bond donors (Lipinski definition) is 0. The first-order valence-corrected chi connectivity index (χ1v) is 29.7. The zero-order chi connectivity index (χ0) is 52.9. The molecule has 6 heteroatoms. The number of esters is 3. The lowest BCUT2D eigenvalue weighted by atomic mass is 10.1. The van der Waals surface area contributed by atoms with E-state index in [0.717, 1.165) is 96.3 Å². The Kier molecular flexibility index (Phi) is 56.4. The third kappa shape index (κ3) is 58.3. The number of unbranched alkanes of at least 4 members (excludes halogenated alkanes) is 19. The van der Waals surface area contributed by atoms with Gasteiger partial charge in [0.05, 0.1) is 0 Å². The standard InChI is InChI=1S/C67H108O6/c1-4-7-10-13-16-19-22-25-28-31-33-36-39-42-45-48-51-54-57-60-66(69)72-63-64(62-71-65(68)59-56-53-50-47-44-41-38-35-30-27-24-21-18-15-12-9-6-3)73-67(70)61-58-55-52-49-46-43-40-37-34-32-29-26-23-20-17-14-11-8-5-2/h7,10,16-17,19-20,25-30,33-34,36-37,42-43,45-46,51,54,64H,4-6,8-9,11-15,18,21-24,31-32,35,38-41,44,47-50,52-53,55-63H2,1-3H3/b10-7+,19-16+,20-17+,28-25+,29-26+,30-27+,36-33+,37-34+,45-42+,46-43+,54-51+/t64-/m1/s1. The van der Waals surface area contributed by atoms with Gasteiger partial charge in [-0.1, -0.05) is 238 Å². The minimum atomic E-state index is -0.833. The van der Waals surface area contributed by atoms with Crippen LogP contribution < -0.4 is 0 Å². The third-order valence-electron chi connectivity index (χ3n) is 12.1. The van der Waals surface area contributed by atoms with E-state index in [9.17, 15) is 14.4 Å². The van der Waals surface area contributed by atoms with E-state index in [-0.39, 0.29) is 44.0 Å². The van der Waals surface area contributed by atoms with Crippen LogP contribution in [0, 0.1) is 0 Å². The van der Waals surface area contributed by atoms with E-state index in [2.05, 4.69) is 142 Å². The van der Waals surface area contributed by atoms with Gasteiger partial charge in [0.25, 0.3) is 0 Å². The highest BCUT2D eigenvalue weighted by Crippen LogP contribution is 2.13. The first-order valence-electron chi connectivity index (χ1n) is 29.7. The molecule has 0 saturated carbocycles. The van der Waals surface area contributed by atoms with E-state index in [1.54, 1.807) is 0 Å². The van der Waals surface area contributed by atoms with Crippen LogP contribution in [0.15, 0.2) is 134 Å². The van der Waals surface area contributed by atoms with Crippen LogP contribution in [0.5, 0.6) is 0 Å². The van der Waals surface area contributed by atoms with Crippen LogP contribution in [0.1, 0.15) is 252 Å². The number of carbonyl (C=O) groups is 3. The molecular formula is C67H108O6. The molecule has 0 amide bonds. The molecule has 0 aliphatic rings. The second-order valence-electron chi connectivity index (χ2n) is 19.2. The maximum Gasteiger partial charge on any atom is 0.306 e. The van der Waals surface area contributed by atoms with E-state index < -0.39 is 6.10 Å². The van der Waals surface area contributed by atoms with Crippen LogP contribution in [0.2, 0.25) is 0 Å². The molecule has 0 rings (SSSR count). The Morgan fingerprint density at radius 1 is 0.288 bits per heavy atom. The van der Waals surface area contributed by atoms with E-state index in [4.69, 9.17) is 14.2 Å². The summed E-state index contributed by atoms with van der Waals surface area (Å²) in [4.78, 5) is 38.2. The van der Waals surface area contributed by atoms with Gasteiger partial charge >= 0.3 is 17.9 Å². The quantitative estimate of drug-likeness (QED) is 0.0261. The van der Waals surface area contributed by atoms with E-state index in [0.29, 0.717) is 19.3 Å². The van der Waals surface area contributed by atoms with Crippen molar-refractivity contribution in [2.45, 2.75) is 258 Å². The molecule has 1 atom stereocenters. The monoisotopic (exact) mass is 1010 g/mol. The molecule has 0 spiro atoms. The molecule has 0 aliphatic carbocycles.